The number of thiophene rings is 1. The van der Waals surface area contributed by atoms with Crippen molar-refractivity contribution in [1.82, 2.24) is 4.57 Å². The molecule has 3 rings (SSSR count). The van der Waals surface area contributed by atoms with E-state index in [1.54, 1.807) is 12.1 Å². The van der Waals surface area contributed by atoms with Crippen LogP contribution in [0.3, 0.4) is 0 Å². The number of aryl methyl sites for hydroxylation is 1. The SMILES string of the molecule is CCOc1ccc2c(c1)sc(=NC(=O)c1ccc(Cl)s1)n2C. The van der Waals surface area contributed by atoms with Crippen molar-refractivity contribution in [2.75, 3.05) is 6.61 Å². The number of carbonyl (C=O) groups is 1. The number of hydrogen-bond acceptors (Lipinski definition) is 4. The monoisotopic (exact) mass is 352 g/mol. The summed E-state index contributed by atoms with van der Waals surface area (Å²) in [6.07, 6.45) is 0. The quantitative estimate of drug-likeness (QED) is 0.712. The zero-order chi connectivity index (χ0) is 15.7. The highest BCUT2D eigenvalue weighted by molar-refractivity contribution is 7.18. The molecule has 1 amide bonds. The maximum atomic E-state index is 12.2. The molecule has 0 radical (unpaired) electrons. The lowest BCUT2D eigenvalue weighted by molar-refractivity contribution is 0.100. The third kappa shape index (κ3) is 2.95. The first-order valence-corrected chi connectivity index (χ1v) is 8.66. The number of halogens is 1. The van der Waals surface area contributed by atoms with E-state index in [0.29, 0.717) is 20.6 Å². The van der Waals surface area contributed by atoms with Gasteiger partial charge in [-0.25, -0.2) is 0 Å². The van der Waals surface area contributed by atoms with E-state index in [2.05, 4.69) is 4.99 Å². The zero-order valence-corrected chi connectivity index (χ0v) is 14.4. The summed E-state index contributed by atoms with van der Waals surface area (Å²) in [7, 11) is 1.90. The van der Waals surface area contributed by atoms with Gasteiger partial charge in [0.05, 0.1) is 26.0 Å². The summed E-state index contributed by atoms with van der Waals surface area (Å²) in [5.41, 5.74) is 1.02. The van der Waals surface area contributed by atoms with Crippen LogP contribution in [0, 0.1) is 0 Å². The van der Waals surface area contributed by atoms with Crippen molar-refractivity contribution >= 4 is 50.4 Å². The highest BCUT2D eigenvalue weighted by atomic mass is 35.5. The highest BCUT2D eigenvalue weighted by Gasteiger charge is 2.10. The van der Waals surface area contributed by atoms with Gasteiger partial charge >= 0.3 is 0 Å². The molecule has 0 unspecified atom stereocenters. The molecule has 0 spiro atoms. The maximum absolute atomic E-state index is 12.2. The van der Waals surface area contributed by atoms with E-state index in [1.165, 1.54) is 22.7 Å². The molecule has 22 heavy (non-hydrogen) atoms. The molecule has 0 bridgehead atoms. The predicted octanol–water partition coefficient (Wildman–Crippen LogP) is 4.09. The lowest BCUT2D eigenvalue weighted by atomic mass is 10.3. The van der Waals surface area contributed by atoms with E-state index >= 15 is 0 Å². The Labute approximate surface area is 140 Å². The van der Waals surface area contributed by atoms with Crippen molar-refractivity contribution < 1.29 is 9.53 Å². The van der Waals surface area contributed by atoms with E-state index in [1.807, 2.05) is 36.7 Å². The van der Waals surface area contributed by atoms with Crippen molar-refractivity contribution in [3.8, 4) is 5.75 Å². The van der Waals surface area contributed by atoms with Crippen LogP contribution in [-0.2, 0) is 7.05 Å². The Bertz CT molecular complexity index is 908. The minimum Gasteiger partial charge on any atom is -0.494 e. The molecule has 1 aromatic carbocycles. The van der Waals surface area contributed by atoms with Gasteiger partial charge < -0.3 is 9.30 Å². The number of amides is 1. The van der Waals surface area contributed by atoms with Crippen LogP contribution in [-0.4, -0.2) is 17.1 Å². The summed E-state index contributed by atoms with van der Waals surface area (Å²) in [5.74, 6) is 0.545. The third-order valence-electron chi connectivity index (χ3n) is 3.07. The van der Waals surface area contributed by atoms with Crippen molar-refractivity contribution in [1.29, 1.82) is 0 Å². The fourth-order valence-corrected chi connectivity index (χ4v) is 4.02. The van der Waals surface area contributed by atoms with E-state index < -0.39 is 0 Å². The Morgan fingerprint density at radius 1 is 1.32 bits per heavy atom. The topological polar surface area (TPSA) is 43.6 Å². The minimum absolute atomic E-state index is 0.274. The Morgan fingerprint density at radius 2 is 2.14 bits per heavy atom. The van der Waals surface area contributed by atoms with Gasteiger partial charge in [0, 0.05) is 7.05 Å². The van der Waals surface area contributed by atoms with Gasteiger partial charge in [0.2, 0.25) is 0 Å². The fourth-order valence-electron chi connectivity index (χ4n) is 2.05. The molecule has 0 saturated heterocycles. The van der Waals surface area contributed by atoms with Crippen molar-refractivity contribution in [3.63, 3.8) is 0 Å². The highest BCUT2D eigenvalue weighted by Crippen LogP contribution is 2.24. The average Bonchev–Trinajstić information content (AvgIpc) is 3.04. The van der Waals surface area contributed by atoms with Gasteiger partial charge in [0.1, 0.15) is 5.75 Å². The van der Waals surface area contributed by atoms with Crippen LogP contribution >= 0.6 is 34.3 Å². The van der Waals surface area contributed by atoms with Crippen molar-refractivity contribution in [3.05, 3.63) is 44.3 Å². The number of ether oxygens (including phenoxy) is 1. The Kier molecular flexibility index (Phi) is 4.33. The minimum atomic E-state index is -0.274. The number of carbonyl (C=O) groups excluding carboxylic acids is 1. The summed E-state index contributed by atoms with van der Waals surface area (Å²) in [4.78, 5) is 17.6. The third-order valence-corrected chi connectivity index (χ3v) is 5.39. The van der Waals surface area contributed by atoms with Gasteiger partial charge in [-0.15, -0.1) is 11.3 Å². The molecule has 0 atom stereocenters. The summed E-state index contributed by atoms with van der Waals surface area (Å²) in [5, 5.41) is 0. The zero-order valence-electron chi connectivity index (χ0n) is 12.0. The first-order chi connectivity index (χ1) is 10.6. The Morgan fingerprint density at radius 3 is 2.82 bits per heavy atom. The van der Waals surface area contributed by atoms with Gasteiger partial charge in [0.25, 0.3) is 5.91 Å². The second-order valence-corrected chi connectivity index (χ2v) is 7.25. The van der Waals surface area contributed by atoms with Crippen LogP contribution in [0.4, 0.5) is 0 Å². The smallest absolute Gasteiger partial charge is 0.289 e. The Hall–Kier alpha value is -1.63. The number of rotatable bonds is 3. The fraction of sp³-hybridized carbons (Fsp3) is 0.200. The maximum Gasteiger partial charge on any atom is 0.289 e. The van der Waals surface area contributed by atoms with E-state index in [4.69, 9.17) is 16.3 Å². The van der Waals surface area contributed by atoms with Gasteiger partial charge in [-0.05, 0) is 37.3 Å². The molecule has 4 nitrogen and oxygen atoms in total. The molecule has 0 aliphatic carbocycles. The molecule has 2 aromatic heterocycles. The van der Waals surface area contributed by atoms with E-state index in [-0.39, 0.29) is 5.91 Å². The number of nitrogens with zero attached hydrogens (tertiary/aromatic N) is 2. The molecule has 0 aliphatic heterocycles. The van der Waals surface area contributed by atoms with Crippen LogP contribution in [0.15, 0.2) is 35.3 Å². The molecule has 0 fully saturated rings. The van der Waals surface area contributed by atoms with Gasteiger partial charge in [-0.2, -0.15) is 4.99 Å². The standard InChI is InChI=1S/C15H13ClN2O2S2/c1-3-20-9-4-5-10-12(8-9)22-15(18(10)2)17-14(19)11-6-7-13(16)21-11/h4-8H,3H2,1-2H3. The van der Waals surface area contributed by atoms with Crippen LogP contribution in [0.5, 0.6) is 5.75 Å². The molecule has 7 heteroatoms. The predicted molar refractivity (Wildman–Crippen MR) is 91.2 cm³/mol. The molecular weight excluding hydrogens is 340 g/mol. The second kappa shape index (κ2) is 6.24. The summed E-state index contributed by atoms with van der Waals surface area (Å²) >= 11 is 8.55. The van der Waals surface area contributed by atoms with Crippen LogP contribution in [0.1, 0.15) is 16.6 Å². The average molecular weight is 353 g/mol. The largest absolute Gasteiger partial charge is 0.494 e. The van der Waals surface area contributed by atoms with E-state index in [9.17, 15) is 4.79 Å². The number of fused-ring (bicyclic) bond motifs is 1. The number of thiazole rings is 1. The lowest BCUT2D eigenvalue weighted by Crippen LogP contribution is -2.12. The van der Waals surface area contributed by atoms with Gasteiger partial charge in [-0.3, -0.25) is 4.79 Å². The number of aromatic nitrogens is 1. The van der Waals surface area contributed by atoms with Gasteiger partial charge in [0.15, 0.2) is 4.80 Å². The summed E-state index contributed by atoms with van der Waals surface area (Å²) in [6.45, 7) is 2.57. The lowest BCUT2D eigenvalue weighted by Gasteiger charge is -2.02. The first-order valence-electron chi connectivity index (χ1n) is 6.65. The van der Waals surface area contributed by atoms with Crippen LogP contribution in [0.25, 0.3) is 10.2 Å². The van der Waals surface area contributed by atoms with Crippen LogP contribution < -0.4 is 9.54 Å². The summed E-state index contributed by atoms with van der Waals surface area (Å²) in [6, 6.07) is 9.26. The molecule has 2 heterocycles. The normalized spacial score (nSPS) is 12.0. The van der Waals surface area contributed by atoms with Gasteiger partial charge in [-0.1, -0.05) is 22.9 Å². The van der Waals surface area contributed by atoms with Crippen molar-refractivity contribution in [2.45, 2.75) is 6.92 Å². The van der Waals surface area contributed by atoms with E-state index in [0.717, 1.165) is 16.0 Å². The van der Waals surface area contributed by atoms with Crippen molar-refractivity contribution in [2.24, 2.45) is 12.0 Å². The van der Waals surface area contributed by atoms with Crippen LogP contribution in [0.2, 0.25) is 4.34 Å². The molecule has 3 aromatic rings. The molecule has 114 valence electrons. The molecule has 0 N–H and O–H groups in total. The number of benzene rings is 1. The molecule has 0 saturated carbocycles. The first kappa shape index (κ1) is 15.3. The molecule has 0 aliphatic rings. The summed E-state index contributed by atoms with van der Waals surface area (Å²) < 4.78 is 9.02. The second-order valence-electron chi connectivity index (χ2n) is 4.53. The molecular formula is C15H13ClN2O2S2. The Balaban J connectivity index is 2.05. The number of hydrogen-bond donors (Lipinski definition) is 0.